The van der Waals surface area contributed by atoms with E-state index >= 15 is 0 Å². The Morgan fingerprint density at radius 1 is 1.00 bits per heavy atom. The Hall–Kier alpha value is -2.59. The smallest absolute Gasteiger partial charge is 0.229 e. The van der Waals surface area contributed by atoms with Crippen LogP contribution in [0.15, 0.2) is 66.9 Å². The molecule has 2 aromatic carbocycles. The molecule has 0 aliphatic heterocycles. The van der Waals surface area contributed by atoms with Crippen LogP contribution in [0.5, 0.6) is 0 Å². The van der Waals surface area contributed by atoms with Gasteiger partial charge in [0.2, 0.25) is 5.95 Å². The normalized spacial score (nSPS) is 10.3. The summed E-state index contributed by atoms with van der Waals surface area (Å²) < 4.78 is 0. The molecule has 0 saturated carbocycles. The molecule has 0 radical (unpaired) electrons. The van der Waals surface area contributed by atoms with Crippen LogP contribution >= 0.6 is 11.6 Å². The molecule has 0 aliphatic rings. The number of rotatable bonds is 5. The predicted octanol–water partition coefficient (Wildman–Crippen LogP) is 5.03. The van der Waals surface area contributed by atoms with Crippen molar-refractivity contribution in [2.24, 2.45) is 0 Å². The highest BCUT2D eigenvalue weighted by atomic mass is 35.5. The van der Waals surface area contributed by atoms with Crippen LogP contribution in [0, 0.1) is 0 Å². The molecular formula is C18H17ClN4. The molecule has 4 nitrogen and oxygen atoms in total. The zero-order chi connectivity index (χ0) is 16.1. The van der Waals surface area contributed by atoms with Gasteiger partial charge in [-0.3, -0.25) is 0 Å². The zero-order valence-corrected chi connectivity index (χ0v) is 13.5. The molecule has 5 heteroatoms. The fourth-order valence-corrected chi connectivity index (χ4v) is 2.43. The van der Waals surface area contributed by atoms with Gasteiger partial charge in [0.1, 0.15) is 5.82 Å². The molecule has 0 bridgehead atoms. The first kappa shape index (κ1) is 15.3. The van der Waals surface area contributed by atoms with Crippen molar-refractivity contribution in [3.05, 3.63) is 71.9 Å². The maximum atomic E-state index is 5.90. The van der Waals surface area contributed by atoms with Gasteiger partial charge in [-0.2, -0.15) is 4.98 Å². The molecule has 1 aromatic heterocycles. The van der Waals surface area contributed by atoms with Gasteiger partial charge in [0.05, 0.1) is 0 Å². The fraction of sp³-hybridized carbons (Fsp3) is 0.111. The summed E-state index contributed by atoms with van der Waals surface area (Å²) in [4.78, 5) is 11.0. The number of aromatic nitrogens is 2. The van der Waals surface area contributed by atoms with Gasteiger partial charge in [-0.25, -0.2) is 4.98 Å². The van der Waals surface area contributed by atoms with E-state index in [2.05, 4.69) is 39.2 Å². The lowest BCUT2D eigenvalue weighted by Crippen LogP contribution is -2.17. The first-order valence-corrected chi connectivity index (χ1v) is 7.82. The lowest BCUT2D eigenvalue weighted by atomic mass is 10.3. The van der Waals surface area contributed by atoms with Crippen LogP contribution < -0.4 is 10.2 Å². The van der Waals surface area contributed by atoms with E-state index in [9.17, 15) is 0 Å². The highest BCUT2D eigenvalue weighted by Gasteiger charge is 2.09. The zero-order valence-electron chi connectivity index (χ0n) is 12.8. The van der Waals surface area contributed by atoms with E-state index in [0.717, 1.165) is 23.7 Å². The fourth-order valence-electron chi connectivity index (χ4n) is 2.31. The first-order valence-electron chi connectivity index (χ1n) is 7.44. The van der Waals surface area contributed by atoms with Crippen molar-refractivity contribution in [3.8, 4) is 0 Å². The summed E-state index contributed by atoms with van der Waals surface area (Å²) in [5.74, 6) is 1.41. The second-order valence-electron chi connectivity index (χ2n) is 4.95. The van der Waals surface area contributed by atoms with Crippen molar-refractivity contribution < 1.29 is 0 Å². The molecule has 0 atom stereocenters. The van der Waals surface area contributed by atoms with E-state index in [-0.39, 0.29) is 0 Å². The third-order valence-corrected chi connectivity index (χ3v) is 3.65. The van der Waals surface area contributed by atoms with Crippen molar-refractivity contribution >= 4 is 34.7 Å². The Kier molecular flexibility index (Phi) is 4.74. The van der Waals surface area contributed by atoms with Crippen molar-refractivity contribution in [2.45, 2.75) is 6.92 Å². The number of hydrogen-bond acceptors (Lipinski definition) is 4. The van der Waals surface area contributed by atoms with E-state index in [0.29, 0.717) is 11.0 Å². The van der Waals surface area contributed by atoms with Gasteiger partial charge in [-0.15, -0.1) is 0 Å². The van der Waals surface area contributed by atoms with Crippen LogP contribution in [-0.4, -0.2) is 16.5 Å². The van der Waals surface area contributed by atoms with Gasteiger partial charge in [-0.05, 0) is 49.4 Å². The molecule has 23 heavy (non-hydrogen) atoms. The first-order chi connectivity index (χ1) is 11.3. The number of halogens is 1. The largest absolute Gasteiger partial charge is 0.327 e. The third-order valence-electron chi connectivity index (χ3n) is 3.40. The lowest BCUT2D eigenvalue weighted by Gasteiger charge is -2.22. The number of hydrogen-bond donors (Lipinski definition) is 1. The summed E-state index contributed by atoms with van der Waals surface area (Å²) in [6.07, 6.45) is 1.76. The van der Waals surface area contributed by atoms with Crippen molar-refractivity contribution in [1.29, 1.82) is 0 Å². The maximum Gasteiger partial charge on any atom is 0.229 e. The van der Waals surface area contributed by atoms with E-state index in [1.54, 1.807) is 6.20 Å². The Morgan fingerprint density at radius 3 is 2.43 bits per heavy atom. The average molecular weight is 325 g/mol. The molecule has 0 amide bonds. The van der Waals surface area contributed by atoms with Gasteiger partial charge in [0.25, 0.3) is 0 Å². The summed E-state index contributed by atoms with van der Waals surface area (Å²) in [6, 6.07) is 19.5. The number of para-hydroxylation sites is 1. The highest BCUT2D eigenvalue weighted by molar-refractivity contribution is 6.30. The minimum absolute atomic E-state index is 0.555. The van der Waals surface area contributed by atoms with Crippen LogP contribution in [0.4, 0.5) is 23.1 Å². The highest BCUT2D eigenvalue weighted by Crippen LogP contribution is 2.24. The van der Waals surface area contributed by atoms with E-state index in [1.807, 2.05) is 48.5 Å². The van der Waals surface area contributed by atoms with Gasteiger partial charge >= 0.3 is 0 Å². The second-order valence-corrected chi connectivity index (χ2v) is 5.39. The quantitative estimate of drug-likeness (QED) is 0.714. The Bertz CT molecular complexity index is 759. The Balaban J connectivity index is 1.85. The molecule has 1 heterocycles. The number of nitrogens with one attached hydrogen (secondary N) is 1. The van der Waals surface area contributed by atoms with Crippen molar-refractivity contribution in [3.63, 3.8) is 0 Å². The van der Waals surface area contributed by atoms with E-state index in [4.69, 9.17) is 11.6 Å². The van der Waals surface area contributed by atoms with Crippen LogP contribution in [-0.2, 0) is 0 Å². The maximum absolute atomic E-state index is 5.90. The Labute approximate surface area is 140 Å². The average Bonchev–Trinajstić information content (AvgIpc) is 2.59. The van der Waals surface area contributed by atoms with Crippen molar-refractivity contribution in [1.82, 2.24) is 9.97 Å². The summed E-state index contributed by atoms with van der Waals surface area (Å²) in [5, 5.41) is 3.89. The molecule has 1 N–H and O–H groups in total. The minimum atomic E-state index is 0.555. The minimum Gasteiger partial charge on any atom is -0.327 e. The summed E-state index contributed by atoms with van der Waals surface area (Å²) in [5.41, 5.74) is 2.00. The van der Waals surface area contributed by atoms with Crippen molar-refractivity contribution in [2.75, 3.05) is 16.8 Å². The summed E-state index contributed by atoms with van der Waals surface area (Å²) in [7, 11) is 0. The number of anilines is 4. The topological polar surface area (TPSA) is 41.1 Å². The predicted molar refractivity (Wildman–Crippen MR) is 95.9 cm³/mol. The monoisotopic (exact) mass is 324 g/mol. The number of nitrogens with zero attached hydrogens (tertiary/aromatic N) is 3. The lowest BCUT2D eigenvalue weighted by molar-refractivity contribution is 0.979. The van der Waals surface area contributed by atoms with Crippen LogP contribution in [0.3, 0.4) is 0 Å². The molecule has 0 spiro atoms. The van der Waals surface area contributed by atoms with Gasteiger partial charge in [-0.1, -0.05) is 29.8 Å². The van der Waals surface area contributed by atoms with Crippen LogP contribution in [0.25, 0.3) is 0 Å². The summed E-state index contributed by atoms with van der Waals surface area (Å²) in [6.45, 7) is 2.92. The molecule has 0 saturated heterocycles. The number of benzene rings is 2. The SMILES string of the molecule is CCN(c1ccccc1)c1ccnc(Nc2ccc(Cl)cc2)n1. The molecule has 0 aliphatic carbocycles. The third kappa shape index (κ3) is 3.79. The Morgan fingerprint density at radius 2 is 1.74 bits per heavy atom. The van der Waals surface area contributed by atoms with E-state index < -0.39 is 0 Å². The second kappa shape index (κ2) is 7.11. The molecule has 3 aromatic rings. The van der Waals surface area contributed by atoms with Gasteiger partial charge in [0.15, 0.2) is 0 Å². The molecule has 3 rings (SSSR count). The van der Waals surface area contributed by atoms with Crippen LogP contribution in [0.1, 0.15) is 6.92 Å². The summed E-state index contributed by atoms with van der Waals surface area (Å²) >= 11 is 5.90. The molecule has 0 fully saturated rings. The van der Waals surface area contributed by atoms with Gasteiger partial charge in [0, 0.05) is 29.1 Å². The van der Waals surface area contributed by atoms with E-state index in [1.165, 1.54) is 0 Å². The van der Waals surface area contributed by atoms with Gasteiger partial charge < -0.3 is 10.2 Å². The van der Waals surface area contributed by atoms with Crippen LogP contribution in [0.2, 0.25) is 5.02 Å². The molecule has 0 unspecified atom stereocenters. The molecule has 116 valence electrons. The standard InChI is InChI=1S/C18H17ClN4/c1-2-23(16-6-4-3-5-7-16)17-12-13-20-18(22-17)21-15-10-8-14(19)9-11-15/h3-13H,2H2,1H3,(H,20,21,22). The molecular weight excluding hydrogens is 308 g/mol.